The molecule has 2 aromatic heterocycles. The highest BCUT2D eigenvalue weighted by molar-refractivity contribution is 5.60. The van der Waals surface area contributed by atoms with E-state index in [9.17, 15) is 0 Å². The maximum absolute atomic E-state index is 5.68. The average molecular weight is 300 g/mol. The lowest BCUT2D eigenvalue weighted by atomic mass is 9.93. The fraction of sp³-hybridized carbons (Fsp3) is 0.562. The number of ether oxygens (including phenoxy) is 1. The minimum Gasteiger partial charge on any atom is -0.384 e. The Balaban J connectivity index is 1.50. The van der Waals surface area contributed by atoms with E-state index in [1.165, 1.54) is 0 Å². The van der Waals surface area contributed by atoms with E-state index >= 15 is 0 Å². The zero-order valence-electron chi connectivity index (χ0n) is 12.7. The fourth-order valence-corrected chi connectivity index (χ4v) is 3.47. The largest absolute Gasteiger partial charge is 0.384 e. The fourth-order valence-electron chi connectivity index (χ4n) is 3.47. The molecule has 2 atom stereocenters. The number of pyridine rings is 1. The predicted octanol–water partition coefficient (Wildman–Crippen LogP) is 2.55. The number of hydrogen-bond donors (Lipinski definition) is 1. The molecule has 6 nitrogen and oxygen atoms in total. The molecule has 4 rings (SSSR count). The predicted molar refractivity (Wildman–Crippen MR) is 81.1 cm³/mol. The molecule has 1 saturated heterocycles. The maximum Gasteiger partial charge on any atom is 0.230 e. The van der Waals surface area contributed by atoms with E-state index in [1.807, 2.05) is 13.0 Å². The summed E-state index contributed by atoms with van der Waals surface area (Å²) >= 11 is 0. The lowest BCUT2D eigenvalue weighted by Crippen LogP contribution is -2.17. The van der Waals surface area contributed by atoms with Crippen LogP contribution in [0, 0.1) is 18.8 Å². The van der Waals surface area contributed by atoms with Crippen molar-refractivity contribution in [1.29, 1.82) is 0 Å². The Kier molecular flexibility index (Phi) is 3.33. The van der Waals surface area contributed by atoms with E-state index in [2.05, 4.69) is 15.1 Å². The van der Waals surface area contributed by atoms with Crippen molar-refractivity contribution in [2.45, 2.75) is 32.1 Å². The van der Waals surface area contributed by atoms with Crippen LogP contribution in [-0.2, 0) is 4.74 Å². The van der Waals surface area contributed by atoms with E-state index in [0.717, 1.165) is 55.4 Å². The number of nitrogens with two attached hydrogens (primary N) is 1. The van der Waals surface area contributed by atoms with Crippen molar-refractivity contribution in [3.05, 3.63) is 23.7 Å². The van der Waals surface area contributed by atoms with Crippen molar-refractivity contribution in [3.8, 4) is 11.4 Å². The lowest BCUT2D eigenvalue weighted by Gasteiger charge is -2.21. The smallest absolute Gasteiger partial charge is 0.230 e. The molecule has 2 N–H and O–H groups in total. The molecule has 116 valence electrons. The van der Waals surface area contributed by atoms with E-state index in [1.54, 1.807) is 6.20 Å². The van der Waals surface area contributed by atoms with Crippen LogP contribution in [0.15, 0.2) is 16.8 Å². The highest BCUT2D eigenvalue weighted by Crippen LogP contribution is 2.53. The summed E-state index contributed by atoms with van der Waals surface area (Å²) in [6.07, 6.45) is 5.18. The van der Waals surface area contributed by atoms with Gasteiger partial charge in [0.25, 0.3) is 0 Å². The maximum atomic E-state index is 5.68. The van der Waals surface area contributed by atoms with Gasteiger partial charge < -0.3 is 15.0 Å². The van der Waals surface area contributed by atoms with Crippen LogP contribution < -0.4 is 5.73 Å². The zero-order valence-corrected chi connectivity index (χ0v) is 12.7. The number of nitrogens with zero attached hydrogens (tertiary/aromatic N) is 3. The normalized spacial score (nSPS) is 25.3. The number of aryl methyl sites for hydroxylation is 1. The Hall–Kier alpha value is -1.95. The summed E-state index contributed by atoms with van der Waals surface area (Å²) in [6.45, 7) is 3.75. The number of hydrogen-bond acceptors (Lipinski definition) is 6. The van der Waals surface area contributed by atoms with Crippen molar-refractivity contribution in [3.63, 3.8) is 0 Å². The van der Waals surface area contributed by atoms with E-state index in [0.29, 0.717) is 23.5 Å². The monoisotopic (exact) mass is 300 g/mol. The Morgan fingerprint density at radius 3 is 2.86 bits per heavy atom. The second-order valence-corrected chi connectivity index (χ2v) is 6.34. The molecule has 0 spiro atoms. The first-order valence-electron chi connectivity index (χ1n) is 7.86. The van der Waals surface area contributed by atoms with Gasteiger partial charge in [0.05, 0.1) is 0 Å². The van der Waals surface area contributed by atoms with Crippen molar-refractivity contribution < 1.29 is 9.26 Å². The van der Waals surface area contributed by atoms with Gasteiger partial charge in [-0.25, -0.2) is 4.98 Å². The number of anilines is 1. The standard InChI is InChI=1S/C16H20N4O2/c1-9-6-14(17)18-8-13(9)15-19-16(22-20-15)12-7-11(12)10-2-4-21-5-3-10/h6,8,10-12H,2-5,7H2,1H3,(H2,17,18)/t11-,12+/m0/s1. The quantitative estimate of drug-likeness (QED) is 0.937. The summed E-state index contributed by atoms with van der Waals surface area (Å²) in [5, 5.41) is 4.13. The molecule has 0 radical (unpaired) electrons. The van der Waals surface area contributed by atoms with Crippen molar-refractivity contribution in [1.82, 2.24) is 15.1 Å². The molecule has 2 aliphatic rings. The molecule has 2 aromatic rings. The van der Waals surface area contributed by atoms with Gasteiger partial charge in [-0.1, -0.05) is 5.16 Å². The van der Waals surface area contributed by atoms with Crippen LogP contribution in [0.5, 0.6) is 0 Å². The van der Waals surface area contributed by atoms with Gasteiger partial charge in [0, 0.05) is 30.9 Å². The van der Waals surface area contributed by atoms with Gasteiger partial charge in [-0.05, 0) is 49.7 Å². The topological polar surface area (TPSA) is 87.1 Å². The molecule has 0 amide bonds. The highest BCUT2D eigenvalue weighted by Gasteiger charge is 2.47. The SMILES string of the molecule is Cc1cc(N)ncc1-c1noc([C@@H]2C[C@H]2C2CCOCC2)n1. The van der Waals surface area contributed by atoms with Crippen molar-refractivity contribution in [2.75, 3.05) is 18.9 Å². The summed E-state index contributed by atoms with van der Waals surface area (Å²) in [6, 6.07) is 1.83. The molecule has 6 heteroatoms. The van der Waals surface area contributed by atoms with Crippen LogP contribution in [0.2, 0.25) is 0 Å². The van der Waals surface area contributed by atoms with Crippen LogP contribution in [0.4, 0.5) is 5.82 Å². The second kappa shape index (κ2) is 5.35. The first kappa shape index (κ1) is 13.7. The molecule has 0 bridgehead atoms. The van der Waals surface area contributed by atoms with Crippen LogP contribution >= 0.6 is 0 Å². The van der Waals surface area contributed by atoms with Gasteiger partial charge in [0.2, 0.25) is 11.7 Å². The molecule has 1 aliphatic heterocycles. The van der Waals surface area contributed by atoms with Crippen LogP contribution in [0.25, 0.3) is 11.4 Å². The Bertz CT molecular complexity index is 679. The van der Waals surface area contributed by atoms with Gasteiger partial charge in [-0.3, -0.25) is 0 Å². The van der Waals surface area contributed by atoms with Crippen molar-refractivity contribution in [2.24, 2.45) is 11.8 Å². The number of nitrogen functional groups attached to an aromatic ring is 1. The molecule has 3 heterocycles. The molecular weight excluding hydrogens is 280 g/mol. The van der Waals surface area contributed by atoms with Gasteiger partial charge in [0.15, 0.2) is 0 Å². The second-order valence-electron chi connectivity index (χ2n) is 6.34. The summed E-state index contributed by atoms with van der Waals surface area (Å²) < 4.78 is 10.9. The first-order valence-corrected chi connectivity index (χ1v) is 7.86. The van der Waals surface area contributed by atoms with Crippen LogP contribution in [0.3, 0.4) is 0 Å². The number of rotatable bonds is 3. The Morgan fingerprint density at radius 1 is 1.27 bits per heavy atom. The third-order valence-electron chi connectivity index (χ3n) is 4.84. The van der Waals surface area contributed by atoms with E-state index in [-0.39, 0.29) is 0 Å². The molecule has 1 aliphatic carbocycles. The summed E-state index contributed by atoms with van der Waals surface area (Å²) in [5.74, 6) is 3.73. The minimum atomic E-state index is 0.423. The number of aromatic nitrogens is 3. The molecule has 0 aromatic carbocycles. The van der Waals surface area contributed by atoms with Crippen LogP contribution in [0.1, 0.15) is 36.6 Å². The van der Waals surface area contributed by atoms with Crippen LogP contribution in [-0.4, -0.2) is 28.3 Å². The molecule has 0 unspecified atom stereocenters. The Morgan fingerprint density at radius 2 is 2.09 bits per heavy atom. The van der Waals surface area contributed by atoms with E-state index < -0.39 is 0 Å². The van der Waals surface area contributed by atoms with Gasteiger partial charge >= 0.3 is 0 Å². The summed E-state index contributed by atoms with van der Waals surface area (Å²) in [4.78, 5) is 8.70. The lowest BCUT2D eigenvalue weighted by molar-refractivity contribution is 0.0588. The first-order chi connectivity index (χ1) is 10.7. The third-order valence-corrected chi connectivity index (χ3v) is 4.84. The molecule has 2 fully saturated rings. The minimum absolute atomic E-state index is 0.423. The molecule has 22 heavy (non-hydrogen) atoms. The highest BCUT2D eigenvalue weighted by atomic mass is 16.5. The van der Waals surface area contributed by atoms with E-state index in [4.69, 9.17) is 15.0 Å². The zero-order chi connectivity index (χ0) is 15.1. The van der Waals surface area contributed by atoms with Gasteiger partial charge in [0.1, 0.15) is 5.82 Å². The Labute approximate surface area is 129 Å². The summed E-state index contributed by atoms with van der Waals surface area (Å²) in [7, 11) is 0. The average Bonchev–Trinajstić information content (AvgIpc) is 3.18. The molecular formula is C16H20N4O2. The summed E-state index contributed by atoms with van der Waals surface area (Å²) in [5.41, 5.74) is 7.58. The third kappa shape index (κ3) is 2.47. The van der Waals surface area contributed by atoms with Gasteiger partial charge in [-0.15, -0.1) is 0 Å². The molecule has 1 saturated carbocycles. The van der Waals surface area contributed by atoms with Crippen molar-refractivity contribution >= 4 is 5.82 Å². The van der Waals surface area contributed by atoms with Gasteiger partial charge in [-0.2, -0.15) is 4.98 Å².